The lowest BCUT2D eigenvalue weighted by molar-refractivity contribution is -0.139. The molecule has 222 valence electrons. The van der Waals surface area contributed by atoms with Crippen LogP contribution in [0.2, 0.25) is 0 Å². The van der Waals surface area contributed by atoms with E-state index in [0.29, 0.717) is 62.8 Å². The van der Waals surface area contributed by atoms with Crippen LogP contribution in [0.4, 0.5) is 13.2 Å². The normalized spacial score (nSPS) is 19.5. The van der Waals surface area contributed by atoms with Gasteiger partial charge in [-0.1, -0.05) is 6.07 Å². The molecule has 1 atom stereocenters. The van der Waals surface area contributed by atoms with Gasteiger partial charge in [-0.25, -0.2) is 13.1 Å². The second-order valence-corrected chi connectivity index (χ2v) is 13.3. The fourth-order valence-electron chi connectivity index (χ4n) is 5.27. The summed E-state index contributed by atoms with van der Waals surface area (Å²) in [5.41, 5.74) is -0.643. The number of carbonyl (C=O) groups is 1. The quantitative estimate of drug-likeness (QED) is 0.482. The third-order valence-electron chi connectivity index (χ3n) is 7.17. The van der Waals surface area contributed by atoms with E-state index < -0.39 is 32.2 Å². The van der Waals surface area contributed by atoms with Gasteiger partial charge in [0.15, 0.2) is 0 Å². The van der Waals surface area contributed by atoms with E-state index in [0.717, 1.165) is 25.0 Å². The number of ether oxygens (including phenoxy) is 2. The topological polar surface area (TPSA) is 98.7 Å². The number of alkyl halides is 3. The van der Waals surface area contributed by atoms with E-state index in [1.54, 1.807) is 33.8 Å². The molecule has 2 aliphatic heterocycles. The Hall–Kier alpha value is -2.41. The SMILES string of the molecule is Cc1c(C(=O)NC2CCOCC2)cc(-c2ccc(S(=O)(=O)NC(C)(C)C)c(C(F)(F)F)c2)n1CC1CCCOC1. The number of nitrogens with one attached hydrogen (secondary N) is 2. The first kappa shape index (κ1) is 30.5. The summed E-state index contributed by atoms with van der Waals surface area (Å²) in [5.74, 6) is -0.170. The molecule has 40 heavy (non-hydrogen) atoms. The Balaban J connectivity index is 1.79. The molecule has 2 N–H and O–H groups in total. The molecule has 1 unspecified atom stereocenters. The average Bonchev–Trinajstić information content (AvgIpc) is 3.19. The highest BCUT2D eigenvalue weighted by Gasteiger charge is 2.39. The number of sulfonamides is 1. The molecule has 0 radical (unpaired) electrons. The molecule has 1 amide bonds. The summed E-state index contributed by atoms with van der Waals surface area (Å²) in [6.45, 7) is 9.21. The van der Waals surface area contributed by atoms with Crippen molar-refractivity contribution >= 4 is 15.9 Å². The number of hydrogen-bond acceptors (Lipinski definition) is 5. The molecule has 2 saturated heterocycles. The van der Waals surface area contributed by atoms with E-state index in [-0.39, 0.29) is 23.4 Å². The molecule has 1 aromatic heterocycles. The summed E-state index contributed by atoms with van der Waals surface area (Å²) >= 11 is 0. The molecular formula is C28H38F3N3O5S. The zero-order valence-corrected chi connectivity index (χ0v) is 24.2. The highest BCUT2D eigenvalue weighted by molar-refractivity contribution is 7.89. The van der Waals surface area contributed by atoms with E-state index in [4.69, 9.17) is 9.47 Å². The number of benzene rings is 1. The van der Waals surface area contributed by atoms with Crippen molar-refractivity contribution in [2.24, 2.45) is 5.92 Å². The summed E-state index contributed by atoms with van der Waals surface area (Å²) in [5, 5.41) is 3.03. The predicted octanol–water partition coefficient (Wildman–Crippen LogP) is 4.89. The average molecular weight is 586 g/mol. The Morgan fingerprint density at radius 1 is 1.05 bits per heavy atom. The van der Waals surface area contributed by atoms with Crippen molar-refractivity contribution < 1.29 is 35.9 Å². The molecule has 4 rings (SSSR count). The molecule has 0 saturated carbocycles. The van der Waals surface area contributed by atoms with Crippen molar-refractivity contribution in [1.82, 2.24) is 14.6 Å². The van der Waals surface area contributed by atoms with E-state index in [9.17, 15) is 26.4 Å². The molecule has 1 aromatic carbocycles. The molecule has 12 heteroatoms. The highest BCUT2D eigenvalue weighted by Crippen LogP contribution is 2.38. The molecule has 0 aliphatic carbocycles. The number of rotatable bonds is 7. The van der Waals surface area contributed by atoms with Gasteiger partial charge in [0.25, 0.3) is 5.91 Å². The third kappa shape index (κ3) is 7.26. The monoisotopic (exact) mass is 585 g/mol. The van der Waals surface area contributed by atoms with Gasteiger partial charge in [-0.3, -0.25) is 4.79 Å². The van der Waals surface area contributed by atoms with Gasteiger partial charge in [0.1, 0.15) is 0 Å². The van der Waals surface area contributed by atoms with Crippen LogP contribution in [0, 0.1) is 12.8 Å². The molecular weight excluding hydrogens is 547 g/mol. The van der Waals surface area contributed by atoms with Gasteiger partial charge in [0, 0.05) is 55.3 Å². The number of halogens is 3. The van der Waals surface area contributed by atoms with Crippen LogP contribution in [0.3, 0.4) is 0 Å². The van der Waals surface area contributed by atoms with Crippen LogP contribution in [-0.2, 0) is 32.2 Å². The lowest BCUT2D eigenvalue weighted by Crippen LogP contribution is -2.41. The third-order valence-corrected chi connectivity index (χ3v) is 8.99. The van der Waals surface area contributed by atoms with Crippen molar-refractivity contribution in [3.05, 3.63) is 41.1 Å². The molecule has 8 nitrogen and oxygen atoms in total. The Labute approximate surface area is 233 Å². The highest BCUT2D eigenvalue weighted by atomic mass is 32.2. The zero-order chi connectivity index (χ0) is 29.3. The molecule has 0 spiro atoms. The molecule has 0 bridgehead atoms. The number of aromatic nitrogens is 1. The largest absolute Gasteiger partial charge is 0.417 e. The van der Waals surface area contributed by atoms with Crippen LogP contribution in [-0.4, -0.2) is 56.9 Å². The first-order valence-electron chi connectivity index (χ1n) is 13.6. The summed E-state index contributed by atoms with van der Waals surface area (Å²) in [4.78, 5) is 12.5. The van der Waals surface area contributed by atoms with Crippen molar-refractivity contribution in [1.29, 1.82) is 0 Å². The Bertz CT molecular complexity index is 1320. The number of hydrogen-bond donors (Lipinski definition) is 2. The van der Waals surface area contributed by atoms with Crippen LogP contribution in [0.1, 0.15) is 68.1 Å². The first-order chi connectivity index (χ1) is 18.7. The minimum absolute atomic E-state index is 0.0455. The van der Waals surface area contributed by atoms with E-state index in [2.05, 4.69) is 10.0 Å². The van der Waals surface area contributed by atoms with Crippen molar-refractivity contribution in [2.75, 3.05) is 26.4 Å². The van der Waals surface area contributed by atoms with E-state index in [1.165, 1.54) is 6.07 Å². The van der Waals surface area contributed by atoms with Gasteiger partial charge < -0.3 is 19.4 Å². The Kier molecular flexibility index (Phi) is 9.03. The van der Waals surface area contributed by atoms with Crippen LogP contribution < -0.4 is 10.0 Å². The van der Waals surface area contributed by atoms with Crippen molar-refractivity contribution in [3.8, 4) is 11.3 Å². The maximum Gasteiger partial charge on any atom is 0.417 e. The second kappa shape index (κ2) is 11.8. The lowest BCUT2D eigenvalue weighted by Gasteiger charge is -2.25. The summed E-state index contributed by atoms with van der Waals surface area (Å²) in [6, 6.07) is 4.78. The summed E-state index contributed by atoms with van der Waals surface area (Å²) < 4.78 is 83.8. The van der Waals surface area contributed by atoms with Gasteiger partial charge in [0.05, 0.1) is 22.6 Å². The van der Waals surface area contributed by atoms with Gasteiger partial charge in [-0.2, -0.15) is 13.2 Å². The standard InChI is InChI=1S/C28H38F3N3O5S/c1-18-22(26(35)32-21-9-12-38-13-10-21)15-24(34(18)16-19-6-5-11-39-17-19)20-7-8-25(23(14-20)28(29,30)31)40(36,37)33-27(2,3)4/h7-8,14-15,19,21,33H,5-6,9-13,16-17H2,1-4H3,(H,32,35). The molecule has 2 aliphatic rings. The van der Waals surface area contributed by atoms with Crippen LogP contribution in [0.25, 0.3) is 11.3 Å². The van der Waals surface area contributed by atoms with E-state index >= 15 is 0 Å². The van der Waals surface area contributed by atoms with E-state index in [1.807, 2.05) is 4.57 Å². The maximum absolute atomic E-state index is 14.3. The number of nitrogens with zero attached hydrogens (tertiary/aromatic N) is 1. The Morgan fingerprint density at radius 3 is 2.35 bits per heavy atom. The fraction of sp³-hybridized carbons (Fsp3) is 0.607. The van der Waals surface area contributed by atoms with Crippen molar-refractivity contribution in [3.63, 3.8) is 0 Å². The fourth-order valence-corrected chi connectivity index (χ4v) is 6.89. The van der Waals surface area contributed by atoms with Crippen LogP contribution >= 0.6 is 0 Å². The molecule has 2 aromatic rings. The van der Waals surface area contributed by atoms with Crippen LogP contribution in [0.15, 0.2) is 29.2 Å². The second-order valence-electron chi connectivity index (χ2n) is 11.6. The maximum atomic E-state index is 14.3. The van der Waals surface area contributed by atoms with Crippen molar-refractivity contribution in [2.45, 2.75) is 82.6 Å². The smallest absolute Gasteiger partial charge is 0.381 e. The van der Waals surface area contributed by atoms with Crippen LogP contribution in [0.5, 0.6) is 0 Å². The molecule has 3 heterocycles. The number of carbonyl (C=O) groups excluding carboxylic acids is 1. The summed E-state index contributed by atoms with van der Waals surface area (Å²) in [6.07, 6.45) is -1.78. The zero-order valence-electron chi connectivity index (χ0n) is 23.4. The van der Waals surface area contributed by atoms with Gasteiger partial charge in [-0.05, 0) is 77.1 Å². The van der Waals surface area contributed by atoms with Gasteiger partial charge >= 0.3 is 6.18 Å². The predicted molar refractivity (Wildman–Crippen MR) is 145 cm³/mol. The molecule has 2 fully saturated rings. The minimum Gasteiger partial charge on any atom is -0.381 e. The number of amides is 1. The van der Waals surface area contributed by atoms with Gasteiger partial charge in [-0.15, -0.1) is 0 Å². The van der Waals surface area contributed by atoms with Gasteiger partial charge in [0.2, 0.25) is 10.0 Å². The lowest BCUT2D eigenvalue weighted by atomic mass is 10.0. The Morgan fingerprint density at radius 2 is 1.75 bits per heavy atom. The summed E-state index contributed by atoms with van der Waals surface area (Å²) in [7, 11) is -4.46. The minimum atomic E-state index is -4.93. The first-order valence-corrected chi connectivity index (χ1v) is 15.1.